The molecule has 1 heterocycles. The third-order valence-corrected chi connectivity index (χ3v) is 6.66. The zero-order valence-electron chi connectivity index (χ0n) is 18.2. The number of hydrogen-bond donors (Lipinski definition) is 2. The molecule has 2 atom stereocenters. The van der Waals surface area contributed by atoms with Gasteiger partial charge in [-0.05, 0) is 29.3 Å². The first kappa shape index (κ1) is 25.0. The lowest BCUT2D eigenvalue weighted by Crippen LogP contribution is -2.32. The van der Waals surface area contributed by atoms with Gasteiger partial charge in [0.05, 0.1) is 46.9 Å². The van der Waals surface area contributed by atoms with Crippen molar-refractivity contribution in [3.05, 3.63) is 106 Å². The zero-order chi connectivity index (χ0) is 24.8. The topological polar surface area (TPSA) is 118 Å². The summed E-state index contributed by atoms with van der Waals surface area (Å²) in [5, 5.41) is 12.8. The van der Waals surface area contributed by atoms with Crippen LogP contribution in [0.2, 0.25) is 5.02 Å². The number of aromatic nitrogens is 2. The van der Waals surface area contributed by atoms with Crippen molar-refractivity contribution < 1.29 is 18.7 Å². The van der Waals surface area contributed by atoms with Crippen LogP contribution in [-0.2, 0) is 17.7 Å². The average Bonchev–Trinajstić information content (AvgIpc) is 3.31. The van der Waals surface area contributed by atoms with Crippen LogP contribution in [0.1, 0.15) is 33.2 Å². The number of amides is 1. The fourth-order valence-electron chi connectivity index (χ4n) is 3.54. The van der Waals surface area contributed by atoms with Gasteiger partial charge in [0.25, 0.3) is 5.91 Å². The van der Waals surface area contributed by atoms with Crippen molar-refractivity contribution >= 4 is 52.0 Å². The highest BCUT2D eigenvalue weighted by Crippen LogP contribution is 2.34. The largest absolute Gasteiger partial charge is 0.755 e. The van der Waals surface area contributed by atoms with Crippen LogP contribution in [-0.4, -0.2) is 35.1 Å². The van der Waals surface area contributed by atoms with Gasteiger partial charge in [-0.25, -0.2) is 0 Å². The summed E-state index contributed by atoms with van der Waals surface area (Å²) in [6, 6.07) is 22.0. The van der Waals surface area contributed by atoms with E-state index in [2.05, 4.69) is 14.1 Å². The summed E-state index contributed by atoms with van der Waals surface area (Å²) >= 11 is 4.23. The van der Waals surface area contributed by atoms with Crippen LogP contribution in [0.3, 0.4) is 0 Å². The maximum absolute atomic E-state index is 13.3. The first-order chi connectivity index (χ1) is 17.0. The smallest absolute Gasteiger partial charge is 0.253 e. The van der Waals surface area contributed by atoms with Crippen molar-refractivity contribution in [2.75, 3.05) is 10.9 Å². The Morgan fingerprint density at radius 3 is 2.43 bits per heavy atom. The molecule has 0 aliphatic carbocycles. The minimum absolute atomic E-state index is 0.0232. The van der Waals surface area contributed by atoms with E-state index >= 15 is 0 Å². The highest BCUT2D eigenvalue weighted by Gasteiger charge is 2.26. The molecule has 0 bridgehead atoms. The molecule has 0 saturated heterocycles. The van der Waals surface area contributed by atoms with E-state index in [1.165, 1.54) is 18.2 Å². The Morgan fingerprint density at radius 2 is 1.77 bits per heavy atom. The van der Waals surface area contributed by atoms with Gasteiger partial charge >= 0.3 is 0 Å². The first-order valence-corrected chi connectivity index (χ1v) is 12.6. The lowest BCUT2D eigenvalue weighted by atomic mass is 10.1. The number of nitrogens with one attached hydrogen (secondary N) is 1. The fraction of sp³-hybridized carbons (Fsp3) is 0.125. The summed E-state index contributed by atoms with van der Waals surface area (Å²) in [6.07, 6.45) is 0.350. The number of nitrogens with zero attached hydrogens (tertiary/aromatic N) is 3. The van der Waals surface area contributed by atoms with E-state index in [-0.39, 0.29) is 28.7 Å². The number of aliphatic hydroxyl groups excluding tert-OH is 1. The van der Waals surface area contributed by atoms with Gasteiger partial charge in [0.15, 0.2) is 5.82 Å². The predicted octanol–water partition coefficient (Wildman–Crippen LogP) is 4.18. The summed E-state index contributed by atoms with van der Waals surface area (Å²) in [6.45, 7) is -0.340. The number of carbonyl (C=O) groups is 1. The molecule has 8 nitrogen and oxygen atoms in total. The minimum Gasteiger partial charge on any atom is -0.755 e. The number of hydrogen-bond acceptors (Lipinski definition) is 7. The van der Waals surface area contributed by atoms with Crippen molar-refractivity contribution in [2.24, 2.45) is 0 Å². The first-order valence-electron chi connectivity index (χ1n) is 10.5. The van der Waals surface area contributed by atoms with E-state index in [0.29, 0.717) is 17.7 Å². The number of carbonyl (C=O) groups excluding carboxylic acids is 1. The lowest BCUT2D eigenvalue weighted by Gasteiger charge is -2.27. The van der Waals surface area contributed by atoms with E-state index in [4.69, 9.17) is 11.6 Å². The second kappa shape index (κ2) is 11.5. The molecule has 0 aliphatic heterocycles. The molecule has 1 aromatic heterocycles. The Balaban J connectivity index is 1.71. The van der Waals surface area contributed by atoms with Gasteiger partial charge in [-0.1, -0.05) is 72.3 Å². The molecule has 4 rings (SSSR count). The molecule has 1 amide bonds. The van der Waals surface area contributed by atoms with Gasteiger partial charge < -0.3 is 15.0 Å². The van der Waals surface area contributed by atoms with E-state index in [9.17, 15) is 18.7 Å². The molecule has 180 valence electrons. The standard InChI is InChI=1S/C24H21ClN4O4S2/c25-18-11-12-19(24(31)26-21(15-30)17-9-5-2-6-10-17)22(14-18)29(35(32)33)23-20(27-34-28-23)13-16-7-3-1-4-8-16/h1-12,14,21,30H,13,15H2,(H,26,31)(H,32,33)/p-1. The molecule has 2 unspecified atom stereocenters. The van der Waals surface area contributed by atoms with Gasteiger partial charge in [-0.2, -0.15) is 8.75 Å². The molecule has 35 heavy (non-hydrogen) atoms. The highest BCUT2D eigenvalue weighted by molar-refractivity contribution is 7.81. The Morgan fingerprint density at radius 1 is 1.09 bits per heavy atom. The molecule has 0 spiro atoms. The lowest BCUT2D eigenvalue weighted by molar-refractivity contribution is 0.0917. The summed E-state index contributed by atoms with van der Waals surface area (Å²) < 4.78 is 34.3. The normalized spacial score (nSPS) is 12.7. The van der Waals surface area contributed by atoms with Crippen LogP contribution in [0.5, 0.6) is 0 Å². The SMILES string of the molecule is O=C(NC(CO)c1ccccc1)c1ccc(Cl)cc1N(c1nsnc1Cc1ccccc1)S(=O)[O-]. The van der Waals surface area contributed by atoms with Crippen LogP contribution in [0.4, 0.5) is 11.5 Å². The van der Waals surface area contributed by atoms with Gasteiger partial charge in [0.2, 0.25) is 0 Å². The van der Waals surface area contributed by atoms with Crippen molar-refractivity contribution in [3.8, 4) is 0 Å². The van der Waals surface area contributed by atoms with E-state index < -0.39 is 23.2 Å². The minimum atomic E-state index is -2.84. The number of halogens is 1. The van der Waals surface area contributed by atoms with Gasteiger partial charge in [-0.15, -0.1) is 0 Å². The zero-order valence-corrected chi connectivity index (χ0v) is 20.6. The molecule has 2 N–H and O–H groups in total. The van der Waals surface area contributed by atoms with Crippen LogP contribution >= 0.6 is 23.3 Å². The van der Waals surface area contributed by atoms with Crippen LogP contribution < -0.4 is 9.62 Å². The summed E-state index contributed by atoms with van der Waals surface area (Å²) in [4.78, 5) is 13.3. The number of anilines is 2. The van der Waals surface area contributed by atoms with Crippen molar-refractivity contribution in [1.29, 1.82) is 0 Å². The molecule has 0 aliphatic rings. The van der Waals surface area contributed by atoms with Crippen LogP contribution in [0.25, 0.3) is 0 Å². The van der Waals surface area contributed by atoms with Crippen LogP contribution in [0, 0.1) is 0 Å². The van der Waals surface area contributed by atoms with Crippen molar-refractivity contribution in [2.45, 2.75) is 12.5 Å². The number of benzene rings is 3. The second-order valence-corrected chi connectivity index (χ2v) is 9.25. The van der Waals surface area contributed by atoms with Gasteiger partial charge in [0.1, 0.15) is 5.69 Å². The van der Waals surface area contributed by atoms with E-state index in [0.717, 1.165) is 21.6 Å². The Bertz CT molecular complexity index is 1320. The summed E-state index contributed by atoms with van der Waals surface area (Å²) in [5.74, 6) is -0.493. The second-order valence-electron chi connectivity index (χ2n) is 7.49. The van der Waals surface area contributed by atoms with Crippen molar-refractivity contribution in [1.82, 2.24) is 14.1 Å². The highest BCUT2D eigenvalue weighted by atomic mass is 35.5. The van der Waals surface area contributed by atoms with Crippen molar-refractivity contribution in [3.63, 3.8) is 0 Å². The molecule has 4 aromatic rings. The number of aliphatic hydroxyl groups is 1. The number of rotatable bonds is 9. The van der Waals surface area contributed by atoms with E-state index in [1.807, 2.05) is 36.4 Å². The molecule has 0 saturated carbocycles. The monoisotopic (exact) mass is 527 g/mol. The van der Waals surface area contributed by atoms with Gasteiger partial charge in [-0.3, -0.25) is 13.3 Å². The molecule has 3 aromatic carbocycles. The summed E-state index contributed by atoms with van der Waals surface area (Å²) in [5.41, 5.74) is 2.14. The Hall–Kier alpha value is -3.15. The third-order valence-electron chi connectivity index (χ3n) is 5.21. The quantitative estimate of drug-likeness (QED) is 0.315. The maximum Gasteiger partial charge on any atom is 0.253 e. The van der Waals surface area contributed by atoms with Gasteiger partial charge in [0, 0.05) is 11.4 Å². The van der Waals surface area contributed by atoms with E-state index in [1.54, 1.807) is 24.3 Å². The third kappa shape index (κ3) is 5.92. The molecule has 0 fully saturated rings. The Kier molecular flexibility index (Phi) is 8.21. The average molecular weight is 528 g/mol. The van der Waals surface area contributed by atoms with Crippen LogP contribution in [0.15, 0.2) is 78.9 Å². The molecular formula is C24H20ClN4O4S2-. The maximum atomic E-state index is 13.3. The fourth-order valence-corrected chi connectivity index (χ4v) is 4.91. The summed E-state index contributed by atoms with van der Waals surface area (Å²) in [7, 11) is 0. The molecular weight excluding hydrogens is 508 g/mol. The molecule has 11 heteroatoms. The Labute approximate surface area is 214 Å². The molecule has 0 radical (unpaired) electrons. The predicted molar refractivity (Wildman–Crippen MR) is 135 cm³/mol.